The van der Waals surface area contributed by atoms with Crippen molar-refractivity contribution in [1.82, 2.24) is 20.5 Å². The predicted octanol–water partition coefficient (Wildman–Crippen LogP) is 2.75. The third kappa shape index (κ3) is 2.95. The normalized spacial score (nSPS) is 31.4. The Morgan fingerprint density at radius 2 is 2.24 bits per heavy atom. The van der Waals surface area contributed by atoms with E-state index in [9.17, 15) is 4.39 Å². The number of aromatic amines is 1. The van der Waals surface area contributed by atoms with Gasteiger partial charge in [0.15, 0.2) is 0 Å². The van der Waals surface area contributed by atoms with Crippen LogP contribution in [0.2, 0.25) is 0 Å². The van der Waals surface area contributed by atoms with Gasteiger partial charge in [-0.1, -0.05) is 6.92 Å². The van der Waals surface area contributed by atoms with E-state index in [4.69, 9.17) is 0 Å². The van der Waals surface area contributed by atoms with Crippen LogP contribution in [0.4, 0.5) is 4.39 Å². The second-order valence-electron chi connectivity index (χ2n) is 6.17. The van der Waals surface area contributed by atoms with E-state index in [1.807, 2.05) is 6.20 Å². The zero-order valence-corrected chi connectivity index (χ0v) is 12.7. The summed E-state index contributed by atoms with van der Waals surface area (Å²) in [6.07, 6.45) is 7.65. The summed E-state index contributed by atoms with van der Waals surface area (Å²) in [6, 6.07) is 3.21. The lowest BCUT2D eigenvalue weighted by Crippen LogP contribution is -2.53. The number of hydrogen-bond donors (Lipinski definition) is 2. The molecule has 0 radical (unpaired) electrons. The Balaban J connectivity index is 1.70. The molecule has 3 atom stereocenters. The zero-order chi connectivity index (χ0) is 14.8. The summed E-state index contributed by atoms with van der Waals surface area (Å²) in [5, 5.41) is 11.0. The zero-order valence-electron chi connectivity index (χ0n) is 12.7. The molecule has 0 aliphatic carbocycles. The molecular formula is C15H24FN5. The monoisotopic (exact) mass is 293 g/mol. The van der Waals surface area contributed by atoms with Crippen molar-refractivity contribution in [2.24, 2.45) is 5.10 Å². The molecule has 2 saturated heterocycles. The molecule has 0 saturated carbocycles. The minimum Gasteiger partial charge on any atom is -0.290 e. The molecule has 0 spiro atoms. The first-order chi connectivity index (χ1) is 10.2. The van der Waals surface area contributed by atoms with Gasteiger partial charge >= 0.3 is 0 Å². The summed E-state index contributed by atoms with van der Waals surface area (Å²) in [6.45, 7) is 3.50. The van der Waals surface area contributed by atoms with Gasteiger partial charge < -0.3 is 0 Å². The van der Waals surface area contributed by atoms with Crippen molar-refractivity contribution in [3.8, 4) is 0 Å². The summed E-state index contributed by atoms with van der Waals surface area (Å²) in [5.74, 6) is 0.165. The Hall–Kier alpha value is -1.43. The van der Waals surface area contributed by atoms with Crippen LogP contribution in [-0.4, -0.2) is 39.3 Å². The lowest BCUT2D eigenvalue weighted by atomic mass is 9.87. The first-order valence-electron chi connectivity index (χ1n) is 7.91. The fourth-order valence-electron chi connectivity index (χ4n) is 4.00. The number of piperidine rings is 1. The Morgan fingerprint density at radius 1 is 1.52 bits per heavy atom. The Morgan fingerprint density at radius 3 is 2.76 bits per heavy atom. The second-order valence-corrected chi connectivity index (χ2v) is 6.17. The molecule has 0 amide bonds. The van der Waals surface area contributed by atoms with Crippen LogP contribution in [0.3, 0.4) is 0 Å². The van der Waals surface area contributed by atoms with Crippen LogP contribution in [0, 0.1) is 0 Å². The molecule has 3 unspecified atom stereocenters. The molecule has 0 aromatic carbocycles. The van der Waals surface area contributed by atoms with Gasteiger partial charge in [-0.2, -0.15) is 14.6 Å². The number of rotatable bonds is 5. The average molecular weight is 293 g/mol. The van der Waals surface area contributed by atoms with Crippen LogP contribution >= 0.6 is 0 Å². The fraction of sp³-hybridized carbons (Fsp3) is 0.733. The van der Waals surface area contributed by atoms with Crippen molar-refractivity contribution in [2.75, 3.05) is 0 Å². The third-order valence-electron chi connectivity index (χ3n) is 4.87. The van der Waals surface area contributed by atoms with E-state index in [1.54, 1.807) is 0 Å². The maximum Gasteiger partial charge on any atom is 0.204 e. The van der Waals surface area contributed by atoms with E-state index in [0.717, 1.165) is 19.3 Å². The molecule has 2 aliphatic heterocycles. The first-order valence-corrected chi connectivity index (χ1v) is 7.91. The van der Waals surface area contributed by atoms with Gasteiger partial charge in [0.25, 0.3) is 0 Å². The lowest BCUT2D eigenvalue weighted by molar-refractivity contribution is 0.0562. The highest BCUT2D eigenvalue weighted by atomic mass is 19.1. The number of nitrogens with one attached hydrogen (secondary N) is 2. The number of hydrazone groups is 1. The van der Waals surface area contributed by atoms with Gasteiger partial charge in [-0.25, -0.2) is 0 Å². The van der Waals surface area contributed by atoms with E-state index in [1.165, 1.54) is 25.5 Å². The van der Waals surface area contributed by atoms with E-state index in [2.05, 4.69) is 38.6 Å². The Kier molecular flexibility index (Phi) is 4.24. The molecule has 116 valence electrons. The molecule has 2 aliphatic rings. The smallest absolute Gasteiger partial charge is 0.204 e. The van der Waals surface area contributed by atoms with Gasteiger partial charge in [-0.15, -0.1) is 0 Å². The van der Waals surface area contributed by atoms with Crippen LogP contribution in [-0.2, 0) is 0 Å². The fourth-order valence-corrected chi connectivity index (χ4v) is 4.00. The maximum absolute atomic E-state index is 12.9. The van der Waals surface area contributed by atoms with Crippen molar-refractivity contribution >= 4 is 5.97 Å². The minimum absolute atomic E-state index is 0.135. The molecule has 2 fully saturated rings. The van der Waals surface area contributed by atoms with E-state index < -0.39 is 5.97 Å². The molecule has 1 aromatic heterocycles. The SMILES string of the molecule is CCC(N/N=C(\C)F)N1C2CCC1CC(c1ccn[nH]1)C2. The topological polar surface area (TPSA) is 56.3 Å². The molecule has 1 aromatic rings. The largest absolute Gasteiger partial charge is 0.290 e. The van der Waals surface area contributed by atoms with Crippen LogP contribution in [0.5, 0.6) is 0 Å². The Bertz CT molecular complexity index is 468. The number of H-pyrrole nitrogens is 1. The molecule has 6 heteroatoms. The summed E-state index contributed by atoms with van der Waals surface area (Å²) >= 11 is 0. The van der Waals surface area contributed by atoms with Gasteiger partial charge in [-0.3, -0.25) is 15.4 Å². The standard InChI is InChI=1S/C15H24FN5/c1-3-15(20-18-10(2)16)21-12-4-5-13(21)9-11(8-12)14-6-7-17-19-14/h6-7,11-13,15,20H,3-5,8-9H2,1-2H3,(H,17,19)/b18-10+. The highest BCUT2D eigenvalue weighted by Gasteiger charge is 2.44. The van der Waals surface area contributed by atoms with Gasteiger partial charge in [0.05, 0.1) is 6.17 Å². The molecule has 3 heterocycles. The van der Waals surface area contributed by atoms with E-state index in [-0.39, 0.29) is 6.17 Å². The number of aromatic nitrogens is 2. The number of hydrogen-bond acceptors (Lipinski definition) is 4. The van der Waals surface area contributed by atoms with Crippen LogP contribution in [0.15, 0.2) is 17.4 Å². The summed E-state index contributed by atoms with van der Waals surface area (Å²) in [4.78, 5) is 2.53. The third-order valence-corrected chi connectivity index (χ3v) is 4.87. The van der Waals surface area contributed by atoms with Crippen LogP contribution < -0.4 is 5.43 Å². The molecule has 21 heavy (non-hydrogen) atoms. The minimum atomic E-state index is -0.409. The Labute approximate surface area is 125 Å². The van der Waals surface area contributed by atoms with Gasteiger partial charge in [0.2, 0.25) is 5.97 Å². The van der Waals surface area contributed by atoms with Gasteiger partial charge in [0.1, 0.15) is 0 Å². The highest BCUT2D eigenvalue weighted by Crippen LogP contribution is 2.43. The van der Waals surface area contributed by atoms with Crippen molar-refractivity contribution in [3.63, 3.8) is 0 Å². The number of halogens is 1. The van der Waals surface area contributed by atoms with Gasteiger partial charge in [-0.05, 0) is 38.2 Å². The quantitative estimate of drug-likeness (QED) is 0.648. The second kappa shape index (κ2) is 6.13. The average Bonchev–Trinajstić information content (AvgIpc) is 3.07. The van der Waals surface area contributed by atoms with E-state index >= 15 is 0 Å². The first kappa shape index (κ1) is 14.5. The van der Waals surface area contributed by atoms with Crippen molar-refractivity contribution < 1.29 is 4.39 Å². The van der Waals surface area contributed by atoms with Gasteiger partial charge in [0, 0.05) is 36.8 Å². The van der Waals surface area contributed by atoms with E-state index in [0.29, 0.717) is 18.0 Å². The molecule has 2 N–H and O–H groups in total. The summed E-state index contributed by atoms with van der Waals surface area (Å²) < 4.78 is 12.9. The maximum atomic E-state index is 12.9. The molecule has 3 rings (SSSR count). The molecule has 2 bridgehead atoms. The summed E-state index contributed by atoms with van der Waals surface area (Å²) in [5.41, 5.74) is 4.26. The molecular weight excluding hydrogens is 269 g/mol. The van der Waals surface area contributed by atoms with Crippen molar-refractivity contribution in [3.05, 3.63) is 18.0 Å². The highest BCUT2D eigenvalue weighted by molar-refractivity contribution is 5.71. The van der Waals surface area contributed by atoms with Crippen LogP contribution in [0.25, 0.3) is 0 Å². The lowest BCUT2D eigenvalue weighted by Gasteiger charge is -2.42. The molecule has 5 nitrogen and oxygen atoms in total. The van der Waals surface area contributed by atoms with Crippen LogP contribution in [0.1, 0.15) is 57.6 Å². The number of fused-ring (bicyclic) bond motifs is 2. The predicted molar refractivity (Wildman–Crippen MR) is 80.6 cm³/mol. The van der Waals surface area contributed by atoms with Crippen molar-refractivity contribution in [1.29, 1.82) is 0 Å². The summed E-state index contributed by atoms with van der Waals surface area (Å²) in [7, 11) is 0. The van der Waals surface area contributed by atoms with Crippen molar-refractivity contribution in [2.45, 2.75) is 70.1 Å². The number of nitrogens with zero attached hydrogens (tertiary/aromatic N) is 3.